The second-order valence-electron chi connectivity index (χ2n) is 7.90. The minimum atomic E-state index is -0.692. The predicted molar refractivity (Wildman–Crippen MR) is 113 cm³/mol. The summed E-state index contributed by atoms with van der Waals surface area (Å²) in [7, 11) is 3.26. The second kappa shape index (κ2) is 11.0. The minimum absolute atomic E-state index is 0.0175. The molecule has 0 aliphatic carbocycles. The number of methoxy groups -OCH3 is 2. The highest BCUT2D eigenvalue weighted by atomic mass is 16.5. The molecule has 0 spiro atoms. The van der Waals surface area contributed by atoms with Crippen LogP contribution in [0.5, 0.6) is 11.5 Å². The van der Waals surface area contributed by atoms with Gasteiger partial charge in [-0.1, -0.05) is 57.2 Å². The topological polar surface area (TPSA) is 54.0 Å². The normalized spacial score (nSPS) is 12.4. The predicted octanol–water partition coefficient (Wildman–Crippen LogP) is 4.98. The molecule has 0 bridgehead atoms. The molecule has 0 fully saturated rings. The van der Waals surface area contributed by atoms with E-state index in [0.717, 1.165) is 17.5 Å². The van der Waals surface area contributed by atoms with Gasteiger partial charge in [0, 0.05) is 25.6 Å². The van der Waals surface area contributed by atoms with Crippen LogP contribution in [0.3, 0.4) is 0 Å². The summed E-state index contributed by atoms with van der Waals surface area (Å²) in [4.78, 5) is 13.1. The van der Waals surface area contributed by atoms with Gasteiger partial charge in [0.1, 0.15) is 6.10 Å². The van der Waals surface area contributed by atoms with Crippen LogP contribution < -0.4 is 9.47 Å². The molecule has 29 heavy (non-hydrogen) atoms. The van der Waals surface area contributed by atoms with E-state index in [-0.39, 0.29) is 5.78 Å². The lowest BCUT2D eigenvalue weighted by atomic mass is 9.85. The van der Waals surface area contributed by atoms with Crippen LogP contribution in [0.2, 0.25) is 0 Å². The van der Waals surface area contributed by atoms with E-state index in [4.69, 9.17) is 18.9 Å². The number of carbonyl (C=O) groups is 1. The van der Waals surface area contributed by atoms with Crippen LogP contribution in [0.1, 0.15) is 44.4 Å². The van der Waals surface area contributed by atoms with Gasteiger partial charge in [-0.15, -0.1) is 0 Å². The Morgan fingerprint density at radius 2 is 1.69 bits per heavy atom. The molecule has 0 saturated heterocycles. The van der Waals surface area contributed by atoms with Crippen LogP contribution in [0.15, 0.2) is 48.5 Å². The maximum absolute atomic E-state index is 13.1. The molecule has 0 radical (unpaired) electrons. The molecule has 0 saturated carbocycles. The van der Waals surface area contributed by atoms with E-state index in [1.807, 2.05) is 69.3 Å². The Hall–Kier alpha value is -2.37. The van der Waals surface area contributed by atoms with Gasteiger partial charge in [0.05, 0.1) is 20.3 Å². The number of rotatable bonds is 11. The number of ketones is 1. The molecule has 2 rings (SSSR count). The molecule has 5 nitrogen and oxygen atoms in total. The van der Waals surface area contributed by atoms with Crippen LogP contribution in [0.25, 0.3) is 0 Å². The first-order valence-electron chi connectivity index (χ1n) is 9.86. The van der Waals surface area contributed by atoms with Crippen molar-refractivity contribution in [3.63, 3.8) is 0 Å². The van der Waals surface area contributed by atoms with Crippen molar-refractivity contribution in [1.82, 2.24) is 0 Å². The van der Waals surface area contributed by atoms with Gasteiger partial charge in [-0.2, -0.15) is 0 Å². The van der Waals surface area contributed by atoms with Crippen molar-refractivity contribution < 1.29 is 23.7 Å². The monoisotopic (exact) mass is 400 g/mol. The zero-order valence-electron chi connectivity index (χ0n) is 18.1. The average Bonchev–Trinajstić information content (AvgIpc) is 2.71. The average molecular weight is 401 g/mol. The van der Waals surface area contributed by atoms with E-state index in [1.54, 1.807) is 14.2 Å². The van der Waals surface area contributed by atoms with Gasteiger partial charge in [-0.05, 0) is 23.3 Å². The van der Waals surface area contributed by atoms with Gasteiger partial charge in [0.2, 0.25) is 0 Å². The standard InChI is InChI=1S/C24H32O5/c1-24(2,3)23(25)22(29-17-18-10-7-6-8-11-18)19-12-13-20(27-5)21(16-19)28-15-9-14-26-4/h6-8,10-13,16,22H,9,14-15,17H2,1-5H3. The zero-order valence-corrected chi connectivity index (χ0v) is 18.1. The van der Waals surface area contributed by atoms with Gasteiger partial charge >= 0.3 is 0 Å². The molecule has 2 aromatic rings. The first-order chi connectivity index (χ1) is 13.9. The third-order valence-electron chi connectivity index (χ3n) is 4.48. The van der Waals surface area contributed by atoms with E-state index >= 15 is 0 Å². The number of hydrogen-bond acceptors (Lipinski definition) is 5. The van der Waals surface area contributed by atoms with E-state index < -0.39 is 11.5 Å². The maximum Gasteiger partial charge on any atom is 0.171 e. The van der Waals surface area contributed by atoms with Gasteiger partial charge in [0.25, 0.3) is 0 Å². The zero-order chi connectivity index (χ0) is 21.3. The second-order valence-corrected chi connectivity index (χ2v) is 7.90. The lowest BCUT2D eigenvalue weighted by molar-refractivity contribution is -0.139. The first kappa shape index (κ1) is 22.9. The van der Waals surface area contributed by atoms with Crippen molar-refractivity contribution in [3.05, 3.63) is 59.7 Å². The number of Topliss-reactive ketones (excluding diaryl/α,β-unsaturated/α-hetero) is 1. The molecule has 0 aliphatic rings. The van der Waals surface area contributed by atoms with Gasteiger partial charge in [-0.25, -0.2) is 0 Å². The third-order valence-corrected chi connectivity index (χ3v) is 4.48. The summed E-state index contributed by atoms with van der Waals surface area (Å²) in [5.74, 6) is 1.23. The Morgan fingerprint density at radius 3 is 2.31 bits per heavy atom. The molecule has 0 N–H and O–H groups in total. The molecule has 1 unspecified atom stereocenters. The van der Waals surface area contributed by atoms with Crippen LogP contribution in [-0.2, 0) is 20.9 Å². The third kappa shape index (κ3) is 6.87. The molecule has 158 valence electrons. The SMILES string of the molecule is COCCCOc1cc(C(OCc2ccccc2)C(=O)C(C)(C)C)ccc1OC. The smallest absolute Gasteiger partial charge is 0.171 e. The summed E-state index contributed by atoms with van der Waals surface area (Å²) in [6.45, 7) is 7.17. The number of hydrogen-bond donors (Lipinski definition) is 0. The Balaban J connectivity index is 2.27. The molecular formula is C24H32O5. The van der Waals surface area contributed by atoms with Crippen molar-refractivity contribution in [3.8, 4) is 11.5 Å². The molecule has 0 heterocycles. The Labute approximate surface area is 173 Å². The van der Waals surface area contributed by atoms with E-state index in [9.17, 15) is 4.79 Å². The molecule has 5 heteroatoms. The summed E-state index contributed by atoms with van der Waals surface area (Å²) in [5, 5.41) is 0. The number of carbonyl (C=O) groups excluding carboxylic acids is 1. The number of ether oxygens (including phenoxy) is 4. The first-order valence-corrected chi connectivity index (χ1v) is 9.86. The van der Waals surface area contributed by atoms with E-state index in [2.05, 4.69) is 0 Å². The quantitative estimate of drug-likeness (QED) is 0.498. The fourth-order valence-corrected chi connectivity index (χ4v) is 2.82. The molecule has 0 amide bonds. The summed E-state index contributed by atoms with van der Waals surface area (Å²) in [6.07, 6.45) is 0.0705. The number of benzene rings is 2. The maximum atomic E-state index is 13.1. The Bertz CT molecular complexity index is 765. The highest BCUT2D eigenvalue weighted by molar-refractivity contribution is 5.89. The van der Waals surface area contributed by atoms with Crippen molar-refractivity contribution in [2.75, 3.05) is 27.4 Å². The van der Waals surface area contributed by atoms with Crippen molar-refractivity contribution >= 4 is 5.78 Å². The van der Waals surface area contributed by atoms with Crippen molar-refractivity contribution in [1.29, 1.82) is 0 Å². The summed E-state index contributed by atoms with van der Waals surface area (Å²) in [5.41, 5.74) is 1.23. The van der Waals surface area contributed by atoms with Crippen LogP contribution in [0, 0.1) is 5.41 Å². The van der Waals surface area contributed by atoms with Gasteiger partial charge in [0.15, 0.2) is 17.3 Å². The van der Waals surface area contributed by atoms with Crippen LogP contribution >= 0.6 is 0 Å². The largest absolute Gasteiger partial charge is 0.493 e. The van der Waals surface area contributed by atoms with E-state index in [1.165, 1.54) is 0 Å². The van der Waals surface area contributed by atoms with Gasteiger partial charge < -0.3 is 18.9 Å². The van der Waals surface area contributed by atoms with Gasteiger partial charge in [-0.3, -0.25) is 4.79 Å². The molecule has 0 aromatic heterocycles. The summed E-state index contributed by atoms with van der Waals surface area (Å²) in [6, 6.07) is 15.4. The lowest BCUT2D eigenvalue weighted by Crippen LogP contribution is -2.28. The minimum Gasteiger partial charge on any atom is -0.493 e. The lowest BCUT2D eigenvalue weighted by Gasteiger charge is -2.26. The Kier molecular flexibility index (Phi) is 8.68. The highest BCUT2D eigenvalue weighted by Crippen LogP contribution is 2.35. The molecule has 0 aliphatic heterocycles. The fraction of sp³-hybridized carbons (Fsp3) is 0.458. The van der Waals surface area contributed by atoms with Crippen molar-refractivity contribution in [2.45, 2.75) is 39.9 Å². The van der Waals surface area contributed by atoms with Crippen molar-refractivity contribution in [2.24, 2.45) is 5.41 Å². The summed E-state index contributed by atoms with van der Waals surface area (Å²) < 4.78 is 22.5. The van der Waals surface area contributed by atoms with Crippen LogP contribution in [-0.4, -0.2) is 33.2 Å². The molecule has 2 aromatic carbocycles. The molecular weight excluding hydrogens is 368 g/mol. The Morgan fingerprint density at radius 1 is 0.966 bits per heavy atom. The molecule has 1 atom stereocenters. The fourth-order valence-electron chi connectivity index (χ4n) is 2.82. The van der Waals surface area contributed by atoms with Crippen LogP contribution in [0.4, 0.5) is 0 Å². The highest BCUT2D eigenvalue weighted by Gasteiger charge is 2.32. The summed E-state index contributed by atoms with van der Waals surface area (Å²) >= 11 is 0. The van der Waals surface area contributed by atoms with E-state index in [0.29, 0.717) is 31.3 Å².